The monoisotopic (exact) mass is 456 g/mol. The summed E-state index contributed by atoms with van der Waals surface area (Å²) in [7, 11) is 1.98. The van der Waals surface area contributed by atoms with Crippen LogP contribution in [0.5, 0.6) is 0 Å². The van der Waals surface area contributed by atoms with Crippen LogP contribution in [-0.2, 0) is 36.2 Å². The molecule has 2 aromatic heterocycles. The van der Waals surface area contributed by atoms with E-state index in [1.165, 1.54) is 0 Å². The number of nitrogens with zero attached hydrogens (tertiary/aromatic N) is 4. The van der Waals surface area contributed by atoms with E-state index in [1.807, 2.05) is 55.8 Å². The van der Waals surface area contributed by atoms with E-state index >= 15 is 0 Å². The van der Waals surface area contributed by atoms with Crippen molar-refractivity contribution in [3.63, 3.8) is 0 Å². The van der Waals surface area contributed by atoms with Crippen molar-refractivity contribution in [1.29, 1.82) is 0 Å². The van der Waals surface area contributed by atoms with E-state index < -0.39 is 0 Å². The molecule has 4 rings (SSSR count). The number of carbonyl (C=O) groups excluding carboxylic acids is 1. The summed E-state index contributed by atoms with van der Waals surface area (Å²) in [5.41, 5.74) is 5.20. The Balaban J connectivity index is 1.45. The number of rotatable bonds is 6. The Bertz CT molecular complexity index is 1280. The van der Waals surface area contributed by atoms with Crippen molar-refractivity contribution in [2.45, 2.75) is 33.4 Å². The highest BCUT2D eigenvalue weighted by Crippen LogP contribution is 2.28. The quantitative estimate of drug-likeness (QED) is 0.366. The maximum absolute atomic E-state index is 12.5. The molecule has 0 aliphatic carbocycles. The van der Waals surface area contributed by atoms with Crippen molar-refractivity contribution in [3.8, 4) is 11.3 Å². The number of aryl methyl sites for hydroxylation is 3. The number of esters is 1. The summed E-state index contributed by atoms with van der Waals surface area (Å²) >= 11 is 12.1. The summed E-state index contributed by atoms with van der Waals surface area (Å²) in [5.74, 6) is 0.627. The van der Waals surface area contributed by atoms with Crippen molar-refractivity contribution in [2.24, 2.45) is 7.05 Å². The molecule has 0 fully saturated rings. The second-order valence-corrected chi connectivity index (χ2v) is 8.16. The van der Waals surface area contributed by atoms with Gasteiger partial charge >= 0.3 is 5.97 Å². The van der Waals surface area contributed by atoms with Gasteiger partial charge in [0.05, 0.1) is 38.9 Å². The zero-order valence-electron chi connectivity index (χ0n) is 17.5. The number of imidazole rings is 1. The Morgan fingerprint density at radius 1 is 1.10 bits per heavy atom. The van der Waals surface area contributed by atoms with Crippen molar-refractivity contribution in [3.05, 3.63) is 69.6 Å². The van der Waals surface area contributed by atoms with E-state index in [9.17, 15) is 4.79 Å². The molecular formula is C23H22Cl2N4O2. The van der Waals surface area contributed by atoms with Gasteiger partial charge in [0.1, 0.15) is 12.4 Å². The average molecular weight is 457 g/mol. The van der Waals surface area contributed by atoms with Crippen LogP contribution < -0.4 is 0 Å². The maximum atomic E-state index is 12.5. The standard InChI is InChI=1S/C23H22Cl2N4O2/c1-4-29-17(11-20(27-29)16-6-7-18(24)19(25)10-16)12-23(30)31-13-15-5-8-22-21(9-15)26-14(2)28(22)3/h5-11H,4,12-13H2,1-3H3. The van der Waals surface area contributed by atoms with Crippen molar-refractivity contribution in [2.75, 3.05) is 0 Å². The number of aromatic nitrogens is 4. The Kier molecular flexibility index (Phi) is 6.03. The SMILES string of the molecule is CCn1nc(-c2ccc(Cl)c(Cl)c2)cc1CC(=O)OCc1ccc2c(c1)nc(C)n2C. The van der Waals surface area contributed by atoms with Gasteiger partial charge in [-0.2, -0.15) is 5.10 Å². The molecule has 2 heterocycles. The molecule has 0 bridgehead atoms. The van der Waals surface area contributed by atoms with Gasteiger partial charge in [0, 0.05) is 19.2 Å². The topological polar surface area (TPSA) is 61.9 Å². The van der Waals surface area contributed by atoms with Crippen LogP contribution in [0, 0.1) is 6.92 Å². The molecule has 4 aromatic rings. The molecule has 0 aliphatic rings. The van der Waals surface area contributed by atoms with Gasteiger partial charge in [-0.3, -0.25) is 9.48 Å². The number of fused-ring (bicyclic) bond motifs is 1. The summed E-state index contributed by atoms with van der Waals surface area (Å²) in [6.45, 7) is 4.78. The average Bonchev–Trinajstić information content (AvgIpc) is 3.28. The van der Waals surface area contributed by atoms with E-state index in [2.05, 4.69) is 10.1 Å². The fourth-order valence-corrected chi connectivity index (χ4v) is 3.78. The summed E-state index contributed by atoms with van der Waals surface area (Å²) in [6.07, 6.45) is 0.132. The van der Waals surface area contributed by atoms with E-state index in [-0.39, 0.29) is 19.0 Å². The molecule has 0 amide bonds. The van der Waals surface area contributed by atoms with Gasteiger partial charge < -0.3 is 9.30 Å². The highest BCUT2D eigenvalue weighted by Gasteiger charge is 2.15. The highest BCUT2D eigenvalue weighted by atomic mass is 35.5. The molecule has 0 radical (unpaired) electrons. The molecule has 0 N–H and O–H groups in total. The first-order valence-electron chi connectivity index (χ1n) is 9.95. The number of hydrogen-bond acceptors (Lipinski definition) is 4. The van der Waals surface area contributed by atoms with E-state index in [0.717, 1.165) is 39.4 Å². The molecule has 6 nitrogen and oxygen atoms in total. The third kappa shape index (κ3) is 4.45. The van der Waals surface area contributed by atoms with Crippen molar-refractivity contribution >= 4 is 40.2 Å². The van der Waals surface area contributed by atoms with E-state index in [0.29, 0.717) is 16.6 Å². The fraction of sp³-hybridized carbons (Fsp3) is 0.261. The predicted molar refractivity (Wildman–Crippen MR) is 122 cm³/mol. The predicted octanol–water partition coefficient (Wildman–Crippen LogP) is 5.36. The van der Waals surface area contributed by atoms with Crippen LogP contribution in [0.2, 0.25) is 10.0 Å². The number of ether oxygens (including phenoxy) is 1. The molecule has 0 atom stereocenters. The lowest BCUT2D eigenvalue weighted by Crippen LogP contribution is -2.12. The first kappa shape index (κ1) is 21.4. The second kappa shape index (κ2) is 8.73. The molecule has 0 saturated heterocycles. The summed E-state index contributed by atoms with van der Waals surface area (Å²) in [5, 5.41) is 5.54. The van der Waals surface area contributed by atoms with Crippen LogP contribution >= 0.6 is 23.2 Å². The Morgan fingerprint density at radius 3 is 2.65 bits per heavy atom. The lowest BCUT2D eigenvalue weighted by Gasteiger charge is -2.06. The number of halogens is 2. The van der Waals surface area contributed by atoms with Gasteiger partial charge in [0.25, 0.3) is 0 Å². The van der Waals surface area contributed by atoms with Crippen molar-refractivity contribution < 1.29 is 9.53 Å². The Labute approximate surface area is 190 Å². The van der Waals surface area contributed by atoms with Gasteiger partial charge in [-0.15, -0.1) is 0 Å². The third-order valence-electron chi connectivity index (χ3n) is 5.27. The molecule has 8 heteroatoms. The Morgan fingerprint density at radius 2 is 1.90 bits per heavy atom. The van der Waals surface area contributed by atoms with Crippen LogP contribution in [0.1, 0.15) is 24.0 Å². The lowest BCUT2D eigenvalue weighted by molar-refractivity contribution is -0.144. The van der Waals surface area contributed by atoms with Crippen LogP contribution in [0.25, 0.3) is 22.3 Å². The minimum atomic E-state index is -0.312. The minimum Gasteiger partial charge on any atom is -0.461 e. The van der Waals surface area contributed by atoms with Gasteiger partial charge in [0.15, 0.2) is 0 Å². The zero-order valence-corrected chi connectivity index (χ0v) is 19.0. The van der Waals surface area contributed by atoms with Gasteiger partial charge in [-0.1, -0.05) is 35.3 Å². The second-order valence-electron chi connectivity index (χ2n) is 7.34. The van der Waals surface area contributed by atoms with Gasteiger partial charge in [-0.05, 0) is 49.7 Å². The van der Waals surface area contributed by atoms with Crippen LogP contribution in [0.4, 0.5) is 0 Å². The molecule has 2 aromatic carbocycles. The molecule has 31 heavy (non-hydrogen) atoms. The highest BCUT2D eigenvalue weighted by molar-refractivity contribution is 6.42. The van der Waals surface area contributed by atoms with Crippen LogP contribution in [0.15, 0.2) is 42.5 Å². The van der Waals surface area contributed by atoms with Gasteiger partial charge in [0.2, 0.25) is 0 Å². The molecule has 0 aliphatic heterocycles. The van der Waals surface area contributed by atoms with E-state index in [1.54, 1.807) is 16.8 Å². The summed E-state index contributed by atoms with van der Waals surface area (Å²) < 4.78 is 9.34. The maximum Gasteiger partial charge on any atom is 0.312 e. The van der Waals surface area contributed by atoms with Crippen molar-refractivity contribution in [1.82, 2.24) is 19.3 Å². The first-order valence-corrected chi connectivity index (χ1v) is 10.7. The molecule has 0 unspecified atom stereocenters. The van der Waals surface area contributed by atoms with Crippen LogP contribution in [-0.4, -0.2) is 25.3 Å². The largest absolute Gasteiger partial charge is 0.461 e. The number of carbonyl (C=O) groups is 1. The normalized spacial score (nSPS) is 11.3. The summed E-state index contributed by atoms with van der Waals surface area (Å²) in [6, 6.07) is 13.1. The number of benzene rings is 2. The first-order chi connectivity index (χ1) is 14.9. The summed E-state index contributed by atoms with van der Waals surface area (Å²) in [4.78, 5) is 17.0. The molecular weight excluding hydrogens is 435 g/mol. The lowest BCUT2D eigenvalue weighted by atomic mass is 10.1. The van der Waals surface area contributed by atoms with Crippen LogP contribution in [0.3, 0.4) is 0 Å². The fourth-order valence-electron chi connectivity index (χ4n) is 3.49. The molecule has 0 saturated carbocycles. The Hall–Kier alpha value is -2.83. The molecule has 160 valence electrons. The number of hydrogen-bond donors (Lipinski definition) is 0. The zero-order chi connectivity index (χ0) is 22.1. The molecule has 0 spiro atoms. The minimum absolute atomic E-state index is 0.132. The smallest absolute Gasteiger partial charge is 0.312 e. The third-order valence-corrected chi connectivity index (χ3v) is 6.01. The van der Waals surface area contributed by atoms with Gasteiger partial charge in [-0.25, -0.2) is 4.98 Å². The van der Waals surface area contributed by atoms with E-state index in [4.69, 9.17) is 27.9 Å².